The maximum absolute atomic E-state index is 12.5. The van der Waals surface area contributed by atoms with Crippen LogP contribution in [0.25, 0.3) is 10.9 Å². The highest BCUT2D eigenvalue weighted by Gasteiger charge is 2.47. The second kappa shape index (κ2) is 7.98. The number of nitrogens with one attached hydrogen (secondary N) is 2. The van der Waals surface area contributed by atoms with Crippen LogP contribution in [0.3, 0.4) is 0 Å². The molecule has 1 aliphatic carbocycles. The van der Waals surface area contributed by atoms with Gasteiger partial charge in [0.2, 0.25) is 11.8 Å². The molecule has 28 heavy (non-hydrogen) atoms. The van der Waals surface area contributed by atoms with E-state index in [2.05, 4.69) is 15.6 Å². The number of nitrogens with zero attached hydrogens (tertiary/aromatic N) is 1. The van der Waals surface area contributed by atoms with Crippen LogP contribution in [-0.2, 0) is 16.0 Å². The third-order valence-corrected chi connectivity index (χ3v) is 5.23. The highest BCUT2D eigenvalue weighted by atomic mass is 35.5. The van der Waals surface area contributed by atoms with Crippen molar-refractivity contribution in [3.8, 4) is 0 Å². The van der Waals surface area contributed by atoms with Crippen LogP contribution in [0.1, 0.15) is 12.0 Å². The first-order chi connectivity index (χ1) is 13.6. The lowest BCUT2D eigenvalue weighted by Crippen LogP contribution is -2.29. The van der Waals surface area contributed by atoms with Crippen LogP contribution in [0.2, 0.25) is 5.02 Å². The van der Waals surface area contributed by atoms with Crippen molar-refractivity contribution in [2.75, 3.05) is 11.9 Å². The SMILES string of the molecule is O=C(NCCc1ccc(Cl)cc1)C1CC1C(=O)Nc1cccc2cccnc12. The summed E-state index contributed by atoms with van der Waals surface area (Å²) in [5, 5.41) is 7.51. The van der Waals surface area contributed by atoms with Crippen molar-refractivity contribution in [1.82, 2.24) is 10.3 Å². The fourth-order valence-electron chi connectivity index (χ4n) is 3.32. The molecule has 2 aromatic carbocycles. The Bertz CT molecular complexity index is 1010. The normalized spacial score (nSPS) is 17.9. The van der Waals surface area contributed by atoms with Gasteiger partial charge in [0.25, 0.3) is 0 Å². The molecule has 6 heteroatoms. The van der Waals surface area contributed by atoms with Gasteiger partial charge in [-0.15, -0.1) is 0 Å². The topological polar surface area (TPSA) is 71.1 Å². The Kier molecular flexibility index (Phi) is 5.26. The first-order valence-corrected chi connectivity index (χ1v) is 9.66. The number of fused-ring (bicyclic) bond motifs is 1. The van der Waals surface area contributed by atoms with E-state index in [0.29, 0.717) is 23.7 Å². The highest BCUT2D eigenvalue weighted by Crippen LogP contribution is 2.39. The zero-order valence-electron chi connectivity index (χ0n) is 15.2. The number of halogens is 1. The summed E-state index contributed by atoms with van der Waals surface area (Å²) >= 11 is 5.87. The monoisotopic (exact) mass is 393 g/mol. The van der Waals surface area contributed by atoms with Gasteiger partial charge >= 0.3 is 0 Å². The molecule has 0 radical (unpaired) electrons. The van der Waals surface area contributed by atoms with Crippen molar-refractivity contribution in [2.45, 2.75) is 12.8 Å². The van der Waals surface area contributed by atoms with Crippen molar-refractivity contribution < 1.29 is 9.59 Å². The van der Waals surface area contributed by atoms with Gasteiger partial charge in [0.15, 0.2) is 0 Å². The van der Waals surface area contributed by atoms with Crippen LogP contribution in [0, 0.1) is 11.8 Å². The fraction of sp³-hybridized carbons (Fsp3) is 0.227. The van der Waals surface area contributed by atoms with Crippen LogP contribution in [0.5, 0.6) is 0 Å². The number of carbonyl (C=O) groups excluding carboxylic acids is 2. The number of amides is 2. The number of hydrogen-bond donors (Lipinski definition) is 2. The number of anilines is 1. The van der Waals surface area contributed by atoms with Crippen molar-refractivity contribution in [1.29, 1.82) is 0 Å². The molecule has 1 fully saturated rings. The van der Waals surface area contributed by atoms with Gasteiger partial charge in [-0.1, -0.05) is 41.9 Å². The van der Waals surface area contributed by atoms with Gasteiger partial charge in [-0.25, -0.2) is 0 Å². The number of hydrogen-bond acceptors (Lipinski definition) is 3. The van der Waals surface area contributed by atoms with E-state index < -0.39 is 0 Å². The molecule has 2 N–H and O–H groups in total. The summed E-state index contributed by atoms with van der Waals surface area (Å²) in [4.78, 5) is 29.2. The standard InChI is InChI=1S/C22H20ClN3O2/c23-16-8-6-14(7-9-16)10-12-25-21(27)17-13-18(17)22(28)26-19-5-1-3-15-4-2-11-24-20(15)19/h1-9,11,17-18H,10,12-13H2,(H,25,27)(H,26,28). The minimum Gasteiger partial charge on any atom is -0.356 e. The molecule has 0 aliphatic heterocycles. The molecule has 0 saturated heterocycles. The summed E-state index contributed by atoms with van der Waals surface area (Å²) in [6, 6.07) is 17.0. The molecule has 3 aromatic rings. The summed E-state index contributed by atoms with van der Waals surface area (Å²) < 4.78 is 0. The van der Waals surface area contributed by atoms with E-state index in [1.54, 1.807) is 6.20 Å². The average Bonchev–Trinajstić information content (AvgIpc) is 3.51. The number of benzene rings is 2. The Morgan fingerprint density at radius 2 is 1.75 bits per heavy atom. The quantitative estimate of drug-likeness (QED) is 0.668. The summed E-state index contributed by atoms with van der Waals surface area (Å²) in [7, 11) is 0. The van der Waals surface area contributed by atoms with E-state index in [1.807, 2.05) is 54.6 Å². The molecular weight excluding hydrogens is 374 g/mol. The average molecular weight is 394 g/mol. The van der Waals surface area contributed by atoms with E-state index in [9.17, 15) is 9.59 Å². The molecule has 0 spiro atoms. The van der Waals surface area contributed by atoms with E-state index in [-0.39, 0.29) is 23.7 Å². The lowest BCUT2D eigenvalue weighted by molar-refractivity contribution is -0.125. The Morgan fingerprint density at radius 3 is 2.57 bits per heavy atom. The maximum Gasteiger partial charge on any atom is 0.228 e. The van der Waals surface area contributed by atoms with Gasteiger partial charge in [-0.2, -0.15) is 0 Å². The number of para-hydroxylation sites is 1. The lowest BCUT2D eigenvalue weighted by atomic mass is 10.1. The van der Waals surface area contributed by atoms with Crippen LogP contribution in [0.4, 0.5) is 5.69 Å². The van der Waals surface area contributed by atoms with Crippen molar-refractivity contribution in [2.24, 2.45) is 11.8 Å². The number of pyridine rings is 1. The Morgan fingerprint density at radius 1 is 1.00 bits per heavy atom. The number of rotatable bonds is 6. The van der Waals surface area contributed by atoms with Gasteiger partial charge in [0, 0.05) is 23.2 Å². The van der Waals surface area contributed by atoms with Crippen molar-refractivity contribution in [3.05, 3.63) is 71.4 Å². The molecule has 1 aromatic heterocycles. The summed E-state index contributed by atoms with van der Waals surface area (Å²) in [5.74, 6) is -0.733. The lowest BCUT2D eigenvalue weighted by Gasteiger charge is -2.08. The number of aromatic nitrogens is 1. The largest absolute Gasteiger partial charge is 0.356 e. The van der Waals surface area contributed by atoms with E-state index >= 15 is 0 Å². The first-order valence-electron chi connectivity index (χ1n) is 9.28. The van der Waals surface area contributed by atoms with Gasteiger partial charge < -0.3 is 10.6 Å². The maximum atomic E-state index is 12.5. The minimum absolute atomic E-state index is 0.0647. The van der Waals surface area contributed by atoms with Crippen LogP contribution < -0.4 is 10.6 Å². The highest BCUT2D eigenvalue weighted by molar-refractivity contribution is 6.30. The molecule has 2 unspecified atom stereocenters. The minimum atomic E-state index is -0.283. The van der Waals surface area contributed by atoms with E-state index in [0.717, 1.165) is 22.9 Å². The molecule has 1 saturated carbocycles. The summed E-state index contributed by atoms with van der Waals surface area (Å²) in [6.07, 6.45) is 3.01. The van der Waals surface area contributed by atoms with Gasteiger partial charge in [-0.3, -0.25) is 14.6 Å². The molecule has 2 amide bonds. The smallest absolute Gasteiger partial charge is 0.228 e. The second-order valence-electron chi connectivity index (χ2n) is 6.99. The summed E-state index contributed by atoms with van der Waals surface area (Å²) in [6.45, 7) is 0.540. The molecule has 5 nitrogen and oxygen atoms in total. The molecular formula is C22H20ClN3O2. The molecule has 0 bridgehead atoms. The van der Waals surface area contributed by atoms with Gasteiger partial charge in [0.05, 0.1) is 23.0 Å². The molecule has 2 atom stereocenters. The predicted molar refractivity (Wildman–Crippen MR) is 110 cm³/mol. The van der Waals surface area contributed by atoms with Crippen LogP contribution in [0.15, 0.2) is 60.8 Å². The molecule has 1 aliphatic rings. The fourth-order valence-corrected chi connectivity index (χ4v) is 3.44. The van der Waals surface area contributed by atoms with Gasteiger partial charge in [0.1, 0.15) is 0 Å². The number of carbonyl (C=O) groups is 2. The first kappa shape index (κ1) is 18.4. The zero-order valence-corrected chi connectivity index (χ0v) is 15.9. The van der Waals surface area contributed by atoms with Crippen LogP contribution in [-0.4, -0.2) is 23.3 Å². The van der Waals surface area contributed by atoms with Crippen molar-refractivity contribution in [3.63, 3.8) is 0 Å². The third kappa shape index (κ3) is 4.15. The molecule has 4 rings (SSSR count). The molecule has 1 heterocycles. The van der Waals surface area contributed by atoms with E-state index in [1.165, 1.54) is 0 Å². The van der Waals surface area contributed by atoms with Crippen molar-refractivity contribution >= 4 is 40.0 Å². The third-order valence-electron chi connectivity index (χ3n) is 4.98. The second-order valence-corrected chi connectivity index (χ2v) is 7.42. The molecule has 142 valence electrons. The zero-order chi connectivity index (χ0) is 19.5. The Balaban J connectivity index is 1.29. The predicted octanol–water partition coefficient (Wildman–Crippen LogP) is 3.82. The Labute approximate surface area is 168 Å². The summed E-state index contributed by atoms with van der Waals surface area (Å²) in [5.41, 5.74) is 2.54. The van der Waals surface area contributed by atoms with E-state index in [4.69, 9.17) is 11.6 Å². The Hall–Kier alpha value is -2.92. The van der Waals surface area contributed by atoms with Crippen LogP contribution >= 0.6 is 11.6 Å². The van der Waals surface area contributed by atoms with Gasteiger partial charge in [-0.05, 0) is 42.7 Å².